The Hall–Kier alpha value is -0.0800. The zero-order valence-electron chi connectivity index (χ0n) is 9.33. The summed E-state index contributed by atoms with van der Waals surface area (Å²) in [6.45, 7) is 6.34. The molecule has 1 heterocycles. The Kier molecular flexibility index (Phi) is 3.74. The average molecular weight is 185 g/mol. The Labute approximate surface area is 81.9 Å². The first kappa shape index (κ1) is 11.0. The van der Waals surface area contributed by atoms with E-state index >= 15 is 0 Å². The van der Waals surface area contributed by atoms with E-state index in [4.69, 9.17) is 0 Å². The fraction of sp³-hybridized carbons (Fsp3) is 1.00. The lowest BCUT2D eigenvalue weighted by molar-refractivity contribution is 0.0269. The van der Waals surface area contributed by atoms with E-state index in [1.165, 1.54) is 19.3 Å². The van der Waals surface area contributed by atoms with Crippen molar-refractivity contribution in [1.29, 1.82) is 0 Å². The summed E-state index contributed by atoms with van der Waals surface area (Å²) in [5.41, 5.74) is 0. The van der Waals surface area contributed by atoms with E-state index < -0.39 is 0 Å². The molecule has 4 unspecified atom stereocenters. The van der Waals surface area contributed by atoms with E-state index in [9.17, 15) is 5.11 Å². The first-order valence-electron chi connectivity index (χ1n) is 5.44. The first-order chi connectivity index (χ1) is 6.04. The fourth-order valence-electron chi connectivity index (χ4n) is 2.31. The smallest absolute Gasteiger partial charge is 0.0552 e. The SMILES string of the molecule is CC(O)C(C)C1CCCC(C)N1C. The largest absolute Gasteiger partial charge is 0.393 e. The highest BCUT2D eigenvalue weighted by Gasteiger charge is 2.30. The molecular formula is C11H23NO. The van der Waals surface area contributed by atoms with Crippen LogP contribution in [-0.4, -0.2) is 35.2 Å². The van der Waals surface area contributed by atoms with Crippen LogP contribution >= 0.6 is 0 Å². The van der Waals surface area contributed by atoms with Crippen LogP contribution in [0.5, 0.6) is 0 Å². The van der Waals surface area contributed by atoms with Crippen LogP contribution in [0.2, 0.25) is 0 Å². The van der Waals surface area contributed by atoms with E-state index in [1.54, 1.807) is 0 Å². The highest BCUT2D eigenvalue weighted by molar-refractivity contribution is 4.84. The van der Waals surface area contributed by atoms with Crippen molar-refractivity contribution < 1.29 is 5.11 Å². The molecule has 1 fully saturated rings. The number of aliphatic hydroxyl groups is 1. The highest BCUT2D eigenvalue weighted by Crippen LogP contribution is 2.27. The summed E-state index contributed by atoms with van der Waals surface area (Å²) in [5, 5.41) is 9.55. The number of hydrogen-bond acceptors (Lipinski definition) is 2. The Morgan fingerprint density at radius 3 is 2.46 bits per heavy atom. The molecule has 0 saturated carbocycles. The van der Waals surface area contributed by atoms with Crippen LogP contribution in [0.15, 0.2) is 0 Å². The van der Waals surface area contributed by atoms with Gasteiger partial charge in [-0.2, -0.15) is 0 Å². The molecule has 2 heteroatoms. The molecular weight excluding hydrogens is 162 g/mol. The summed E-state index contributed by atoms with van der Waals surface area (Å²) in [6.07, 6.45) is 3.68. The van der Waals surface area contributed by atoms with Crippen LogP contribution in [0.3, 0.4) is 0 Å². The van der Waals surface area contributed by atoms with Gasteiger partial charge in [0, 0.05) is 12.1 Å². The van der Waals surface area contributed by atoms with Crippen molar-refractivity contribution in [2.24, 2.45) is 5.92 Å². The molecule has 0 aliphatic carbocycles. The molecule has 0 radical (unpaired) electrons. The van der Waals surface area contributed by atoms with Crippen molar-refractivity contribution in [2.75, 3.05) is 7.05 Å². The fourth-order valence-corrected chi connectivity index (χ4v) is 2.31. The van der Waals surface area contributed by atoms with Crippen LogP contribution in [0.25, 0.3) is 0 Å². The summed E-state index contributed by atoms with van der Waals surface area (Å²) in [6, 6.07) is 1.25. The minimum atomic E-state index is -0.183. The van der Waals surface area contributed by atoms with Crippen LogP contribution in [0, 0.1) is 5.92 Å². The molecule has 1 rings (SSSR count). The number of nitrogens with zero attached hydrogens (tertiary/aromatic N) is 1. The minimum absolute atomic E-state index is 0.183. The standard InChI is InChI=1S/C11H23NO/c1-8-6-5-7-11(12(8)4)9(2)10(3)13/h8-11,13H,5-7H2,1-4H3. The molecule has 0 amide bonds. The number of rotatable bonds is 2. The van der Waals surface area contributed by atoms with E-state index in [2.05, 4.69) is 25.8 Å². The van der Waals surface area contributed by atoms with Crippen LogP contribution in [-0.2, 0) is 0 Å². The molecule has 13 heavy (non-hydrogen) atoms. The van der Waals surface area contributed by atoms with E-state index in [0.29, 0.717) is 18.0 Å². The van der Waals surface area contributed by atoms with E-state index in [1.807, 2.05) is 6.92 Å². The predicted octanol–water partition coefficient (Wildman–Crippen LogP) is 1.88. The van der Waals surface area contributed by atoms with Gasteiger partial charge in [0.1, 0.15) is 0 Å². The van der Waals surface area contributed by atoms with Crippen molar-refractivity contribution in [3.05, 3.63) is 0 Å². The molecule has 0 spiro atoms. The third kappa shape index (κ3) is 2.44. The van der Waals surface area contributed by atoms with Crippen molar-refractivity contribution in [2.45, 2.75) is 58.2 Å². The molecule has 1 aliphatic rings. The Morgan fingerprint density at radius 2 is 1.92 bits per heavy atom. The van der Waals surface area contributed by atoms with Gasteiger partial charge < -0.3 is 10.0 Å². The second kappa shape index (κ2) is 4.43. The van der Waals surface area contributed by atoms with Crippen LogP contribution in [0.1, 0.15) is 40.0 Å². The topological polar surface area (TPSA) is 23.5 Å². The van der Waals surface area contributed by atoms with E-state index in [0.717, 1.165) is 0 Å². The summed E-state index contributed by atoms with van der Waals surface area (Å²) in [4.78, 5) is 2.43. The van der Waals surface area contributed by atoms with Gasteiger partial charge in [0.15, 0.2) is 0 Å². The third-order valence-corrected chi connectivity index (χ3v) is 3.71. The highest BCUT2D eigenvalue weighted by atomic mass is 16.3. The van der Waals surface area contributed by atoms with Gasteiger partial charge >= 0.3 is 0 Å². The maximum absolute atomic E-state index is 9.55. The van der Waals surface area contributed by atoms with E-state index in [-0.39, 0.29) is 6.10 Å². The predicted molar refractivity (Wildman–Crippen MR) is 55.7 cm³/mol. The lowest BCUT2D eigenvalue weighted by Gasteiger charge is -2.42. The van der Waals surface area contributed by atoms with Gasteiger partial charge in [0.05, 0.1) is 6.10 Å². The number of aliphatic hydroxyl groups excluding tert-OH is 1. The Balaban J connectivity index is 2.57. The summed E-state index contributed by atoms with van der Waals surface area (Å²) >= 11 is 0. The van der Waals surface area contributed by atoms with Crippen molar-refractivity contribution in [3.8, 4) is 0 Å². The zero-order valence-corrected chi connectivity index (χ0v) is 9.33. The molecule has 78 valence electrons. The second-order valence-electron chi connectivity index (χ2n) is 4.61. The maximum Gasteiger partial charge on any atom is 0.0552 e. The lowest BCUT2D eigenvalue weighted by Crippen LogP contribution is -2.48. The normalized spacial score (nSPS) is 35.8. The monoisotopic (exact) mass is 185 g/mol. The average Bonchev–Trinajstić information content (AvgIpc) is 2.08. The molecule has 0 aromatic carbocycles. The number of hydrogen-bond donors (Lipinski definition) is 1. The second-order valence-corrected chi connectivity index (χ2v) is 4.61. The molecule has 2 nitrogen and oxygen atoms in total. The first-order valence-corrected chi connectivity index (χ1v) is 5.44. The molecule has 4 atom stereocenters. The molecule has 1 aliphatic heterocycles. The summed E-state index contributed by atoms with van der Waals surface area (Å²) in [7, 11) is 2.19. The third-order valence-electron chi connectivity index (χ3n) is 3.71. The molecule has 0 bridgehead atoms. The Morgan fingerprint density at radius 1 is 1.31 bits per heavy atom. The van der Waals surface area contributed by atoms with Gasteiger partial charge in [-0.1, -0.05) is 13.3 Å². The summed E-state index contributed by atoms with van der Waals surface area (Å²) in [5.74, 6) is 0.396. The van der Waals surface area contributed by atoms with Crippen LogP contribution < -0.4 is 0 Å². The lowest BCUT2D eigenvalue weighted by atomic mass is 9.86. The van der Waals surface area contributed by atoms with Gasteiger partial charge in [0.25, 0.3) is 0 Å². The van der Waals surface area contributed by atoms with Gasteiger partial charge in [-0.3, -0.25) is 0 Å². The van der Waals surface area contributed by atoms with Gasteiger partial charge in [-0.05, 0) is 39.7 Å². The molecule has 1 N–H and O–H groups in total. The van der Waals surface area contributed by atoms with Crippen molar-refractivity contribution >= 4 is 0 Å². The Bertz CT molecular complexity index is 154. The van der Waals surface area contributed by atoms with Crippen molar-refractivity contribution in [1.82, 2.24) is 4.90 Å². The zero-order chi connectivity index (χ0) is 10.0. The minimum Gasteiger partial charge on any atom is -0.393 e. The quantitative estimate of drug-likeness (QED) is 0.710. The van der Waals surface area contributed by atoms with Gasteiger partial charge in [-0.15, -0.1) is 0 Å². The number of likely N-dealkylation sites (tertiary alicyclic amines) is 1. The van der Waals surface area contributed by atoms with Crippen molar-refractivity contribution in [3.63, 3.8) is 0 Å². The van der Waals surface area contributed by atoms with Gasteiger partial charge in [-0.25, -0.2) is 0 Å². The summed E-state index contributed by atoms with van der Waals surface area (Å²) < 4.78 is 0. The molecule has 0 aromatic rings. The molecule has 1 saturated heterocycles. The molecule has 0 aromatic heterocycles. The maximum atomic E-state index is 9.55. The van der Waals surface area contributed by atoms with Gasteiger partial charge in [0.2, 0.25) is 0 Å². The van der Waals surface area contributed by atoms with Crippen LogP contribution in [0.4, 0.5) is 0 Å². The number of piperidine rings is 1.